The lowest BCUT2D eigenvalue weighted by molar-refractivity contribution is 0.611. The fourth-order valence-corrected chi connectivity index (χ4v) is 1.47. The van der Waals surface area contributed by atoms with Crippen molar-refractivity contribution in [1.29, 1.82) is 0 Å². The van der Waals surface area contributed by atoms with Gasteiger partial charge in [0, 0.05) is 10.5 Å². The average molecular weight is 247 g/mol. The van der Waals surface area contributed by atoms with E-state index >= 15 is 0 Å². The van der Waals surface area contributed by atoms with Gasteiger partial charge < -0.3 is 11.1 Å². The molecule has 0 bridgehead atoms. The van der Waals surface area contributed by atoms with Crippen LogP contribution in [0.2, 0.25) is 0 Å². The van der Waals surface area contributed by atoms with Gasteiger partial charge in [-0.2, -0.15) is 0 Å². The molecule has 0 saturated heterocycles. The van der Waals surface area contributed by atoms with Crippen LogP contribution in [0.15, 0.2) is 16.6 Å². The second-order valence-electron chi connectivity index (χ2n) is 2.91. The molecule has 13 heavy (non-hydrogen) atoms. The molecule has 0 saturated carbocycles. The van der Waals surface area contributed by atoms with Gasteiger partial charge in [-0.25, -0.2) is 4.39 Å². The molecule has 1 rings (SSSR count). The second-order valence-corrected chi connectivity index (χ2v) is 3.76. The third-order valence-corrected chi connectivity index (χ3v) is 2.69. The monoisotopic (exact) mass is 246 g/mol. The zero-order chi connectivity index (χ0) is 10.0. The Morgan fingerprint density at radius 3 is 2.62 bits per heavy atom. The molecule has 1 atom stereocenters. The zero-order valence-corrected chi connectivity index (χ0v) is 9.15. The van der Waals surface area contributed by atoms with Crippen LogP contribution in [0.3, 0.4) is 0 Å². The minimum Gasteiger partial charge on any atom is -0.395 e. The maximum absolute atomic E-state index is 13.2. The first-order valence-electron chi connectivity index (χ1n) is 3.98. The molecule has 2 nitrogen and oxygen atoms in total. The largest absolute Gasteiger partial charge is 0.395 e. The van der Waals surface area contributed by atoms with Gasteiger partial charge in [0.05, 0.1) is 5.69 Å². The summed E-state index contributed by atoms with van der Waals surface area (Å²) >= 11 is 3.20. The summed E-state index contributed by atoms with van der Waals surface area (Å²) < 4.78 is 13.8. The lowest BCUT2D eigenvalue weighted by Gasteiger charge is -2.12. The summed E-state index contributed by atoms with van der Waals surface area (Å²) in [5.74, 6) is -0.383. The van der Waals surface area contributed by atoms with Crippen molar-refractivity contribution in [1.82, 2.24) is 5.32 Å². The molecule has 1 unspecified atom stereocenters. The number of hydrogen-bond acceptors (Lipinski definition) is 2. The molecule has 4 heteroatoms. The number of anilines is 1. The molecule has 0 amide bonds. The van der Waals surface area contributed by atoms with Gasteiger partial charge in [-0.05, 0) is 47.6 Å². The lowest BCUT2D eigenvalue weighted by atomic mass is 10.1. The Bertz CT molecular complexity index is 291. The standard InChI is InChI=1S/C9H12BrFN2/c1-5(13-2)6-3-7(10)9(12)8(11)4-6/h3-5,13H,12H2,1-2H3. The van der Waals surface area contributed by atoms with Crippen LogP contribution in [0.4, 0.5) is 10.1 Å². The Morgan fingerprint density at radius 1 is 1.54 bits per heavy atom. The second kappa shape index (κ2) is 4.07. The van der Waals surface area contributed by atoms with Crippen LogP contribution < -0.4 is 11.1 Å². The van der Waals surface area contributed by atoms with E-state index < -0.39 is 0 Å². The maximum Gasteiger partial charge on any atom is 0.147 e. The van der Waals surface area contributed by atoms with E-state index in [1.165, 1.54) is 6.07 Å². The van der Waals surface area contributed by atoms with E-state index in [-0.39, 0.29) is 17.5 Å². The quantitative estimate of drug-likeness (QED) is 0.788. The van der Waals surface area contributed by atoms with E-state index in [0.717, 1.165) is 5.56 Å². The predicted octanol–water partition coefficient (Wildman–Crippen LogP) is 2.45. The molecule has 1 aromatic rings. The van der Waals surface area contributed by atoms with Crippen LogP contribution in [-0.4, -0.2) is 7.05 Å². The van der Waals surface area contributed by atoms with Crippen LogP contribution in [0.5, 0.6) is 0 Å². The van der Waals surface area contributed by atoms with Crippen molar-refractivity contribution >= 4 is 21.6 Å². The van der Waals surface area contributed by atoms with Gasteiger partial charge in [0.2, 0.25) is 0 Å². The van der Waals surface area contributed by atoms with Crippen LogP contribution in [0.25, 0.3) is 0 Å². The van der Waals surface area contributed by atoms with Gasteiger partial charge in [-0.1, -0.05) is 0 Å². The molecule has 0 aliphatic rings. The summed E-state index contributed by atoms with van der Waals surface area (Å²) in [6, 6.07) is 3.38. The highest BCUT2D eigenvalue weighted by Gasteiger charge is 2.09. The summed E-state index contributed by atoms with van der Waals surface area (Å²) in [6.07, 6.45) is 0. The summed E-state index contributed by atoms with van der Waals surface area (Å²) in [5, 5.41) is 3.03. The SMILES string of the molecule is CNC(C)c1cc(F)c(N)c(Br)c1. The van der Waals surface area contributed by atoms with Crippen LogP contribution in [0, 0.1) is 5.82 Å². The van der Waals surface area contributed by atoms with Gasteiger partial charge in [0.25, 0.3) is 0 Å². The Morgan fingerprint density at radius 2 is 2.15 bits per heavy atom. The first-order valence-corrected chi connectivity index (χ1v) is 4.77. The van der Waals surface area contributed by atoms with E-state index in [1.54, 1.807) is 0 Å². The molecule has 1 aromatic carbocycles. The first kappa shape index (κ1) is 10.5. The minimum absolute atomic E-state index is 0.117. The van der Waals surface area contributed by atoms with Gasteiger partial charge in [0.15, 0.2) is 0 Å². The van der Waals surface area contributed by atoms with E-state index in [4.69, 9.17) is 5.73 Å². The van der Waals surface area contributed by atoms with E-state index in [9.17, 15) is 4.39 Å². The lowest BCUT2D eigenvalue weighted by Crippen LogP contribution is -2.12. The predicted molar refractivity (Wildman–Crippen MR) is 56.0 cm³/mol. The summed E-state index contributed by atoms with van der Waals surface area (Å²) in [7, 11) is 1.83. The minimum atomic E-state index is -0.383. The molecular formula is C9H12BrFN2. The average Bonchev–Trinajstić information content (AvgIpc) is 2.12. The Kier molecular flexibility index (Phi) is 3.27. The Labute approximate surface area is 85.4 Å². The topological polar surface area (TPSA) is 38.0 Å². The van der Waals surface area contributed by atoms with Crippen molar-refractivity contribution in [3.8, 4) is 0 Å². The smallest absolute Gasteiger partial charge is 0.147 e. The molecule has 0 aliphatic heterocycles. The Balaban J connectivity index is 3.13. The highest BCUT2D eigenvalue weighted by molar-refractivity contribution is 9.10. The van der Waals surface area contributed by atoms with Gasteiger partial charge in [0.1, 0.15) is 5.82 Å². The summed E-state index contributed by atoms with van der Waals surface area (Å²) in [5.41, 5.74) is 6.49. The summed E-state index contributed by atoms with van der Waals surface area (Å²) in [4.78, 5) is 0. The van der Waals surface area contributed by atoms with E-state index in [1.807, 2.05) is 20.0 Å². The highest BCUT2D eigenvalue weighted by Crippen LogP contribution is 2.26. The molecule has 0 radical (unpaired) electrons. The maximum atomic E-state index is 13.2. The third kappa shape index (κ3) is 2.19. The van der Waals surface area contributed by atoms with Crippen LogP contribution >= 0.6 is 15.9 Å². The normalized spacial score (nSPS) is 12.9. The number of nitrogen functional groups attached to an aromatic ring is 1. The van der Waals surface area contributed by atoms with Crippen LogP contribution in [0.1, 0.15) is 18.5 Å². The number of hydrogen-bond donors (Lipinski definition) is 2. The fraction of sp³-hybridized carbons (Fsp3) is 0.333. The molecule has 0 aromatic heterocycles. The number of rotatable bonds is 2. The Hall–Kier alpha value is -0.610. The van der Waals surface area contributed by atoms with Crippen molar-refractivity contribution in [3.63, 3.8) is 0 Å². The number of halogens is 2. The number of nitrogens with one attached hydrogen (secondary N) is 1. The fourth-order valence-electron chi connectivity index (χ4n) is 1.02. The van der Waals surface area contributed by atoms with Gasteiger partial charge in [-0.15, -0.1) is 0 Å². The molecule has 0 fully saturated rings. The van der Waals surface area contributed by atoms with Crippen molar-refractivity contribution < 1.29 is 4.39 Å². The van der Waals surface area contributed by atoms with Crippen molar-refractivity contribution in [2.75, 3.05) is 12.8 Å². The molecule has 72 valence electrons. The van der Waals surface area contributed by atoms with Crippen molar-refractivity contribution in [2.24, 2.45) is 0 Å². The number of nitrogens with two attached hydrogens (primary N) is 1. The third-order valence-electron chi connectivity index (χ3n) is 2.03. The van der Waals surface area contributed by atoms with Crippen molar-refractivity contribution in [3.05, 3.63) is 28.0 Å². The zero-order valence-electron chi connectivity index (χ0n) is 7.57. The molecule has 0 heterocycles. The van der Waals surface area contributed by atoms with Crippen LogP contribution in [-0.2, 0) is 0 Å². The highest BCUT2D eigenvalue weighted by atomic mass is 79.9. The first-order chi connectivity index (χ1) is 6.06. The van der Waals surface area contributed by atoms with Gasteiger partial charge >= 0.3 is 0 Å². The number of benzene rings is 1. The molecule has 0 spiro atoms. The van der Waals surface area contributed by atoms with Gasteiger partial charge in [-0.3, -0.25) is 0 Å². The molecule has 0 aliphatic carbocycles. The molecule has 3 N–H and O–H groups in total. The molecular weight excluding hydrogens is 235 g/mol. The summed E-state index contributed by atoms with van der Waals surface area (Å²) in [6.45, 7) is 1.96. The van der Waals surface area contributed by atoms with E-state index in [2.05, 4.69) is 21.2 Å². The van der Waals surface area contributed by atoms with E-state index in [0.29, 0.717) is 4.47 Å². The van der Waals surface area contributed by atoms with Crippen molar-refractivity contribution in [2.45, 2.75) is 13.0 Å².